The highest BCUT2D eigenvalue weighted by molar-refractivity contribution is 6.29. The van der Waals surface area contributed by atoms with E-state index in [4.69, 9.17) is 11.6 Å². The molecule has 0 aliphatic rings. The average molecular weight is 361 g/mol. The van der Waals surface area contributed by atoms with Gasteiger partial charge in [0, 0.05) is 18.4 Å². The van der Waals surface area contributed by atoms with Gasteiger partial charge in [0.05, 0.1) is 6.54 Å². The monoisotopic (exact) mass is 360 g/mol. The van der Waals surface area contributed by atoms with Gasteiger partial charge in [0.2, 0.25) is 5.91 Å². The first-order chi connectivity index (χ1) is 11.8. The molecular formula is C18H21ClN4O2. The lowest BCUT2D eigenvalue weighted by molar-refractivity contribution is -0.115. The normalized spacial score (nSPS) is 10.2. The minimum atomic E-state index is -0.428. The van der Waals surface area contributed by atoms with Crippen molar-refractivity contribution in [1.82, 2.24) is 15.6 Å². The van der Waals surface area contributed by atoms with Crippen LogP contribution in [0.25, 0.3) is 0 Å². The Morgan fingerprint density at radius 1 is 1.08 bits per heavy atom. The van der Waals surface area contributed by atoms with Crippen molar-refractivity contribution in [2.24, 2.45) is 0 Å². The fraction of sp³-hybridized carbons (Fsp3) is 0.278. The number of aromatic nitrogens is 1. The van der Waals surface area contributed by atoms with E-state index < -0.39 is 6.03 Å². The van der Waals surface area contributed by atoms with Gasteiger partial charge in [-0.25, -0.2) is 9.78 Å². The van der Waals surface area contributed by atoms with Gasteiger partial charge < -0.3 is 16.0 Å². The molecule has 2 aromatic rings. The summed E-state index contributed by atoms with van der Waals surface area (Å²) in [6, 6.07) is 7.00. The van der Waals surface area contributed by atoms with Crippen LogP contribution in [-0.2, 0) is 11.3 Å². The van der Waals surface area contributed by atoms with Gasteiger partial charge in [-0.15, -0.1) is 0 Å². The number of benzene rings is 1. The number of nitrogens with one attached hydrogen (secondary N) is 3. The number of nitrogens with zero attached hydrogens (tertiary/aromatic N) is 1. The zero-order valence-corrected chi connectivity index (χ0v) is 15.2. The smallest absolute Gasteiger partial charge is 0.315 e. The Hall–Kier alpha value is -2.60. The van der Waals surface area contributed by atoms with Gasteiger partial charge in [-0.05, 0) is 43.5 Å². The summed E-state index contributed by atoms with van der Waals surface area (Å²) in [5, 5.41) is 8.41. The molecule has 3 N–H and O–H groups in total. The Morgan fingerprint density at radius 3 is 2.36 bits per heavy atom. The van der Waals surface area contributed by atoms with Gasteiger partial charge in [-0.3, -0.25) is 4.79 Å². The Balaban J connectivity index is 1.79. The number of anilines is 1. The molecule has 0 aliphatic heterocycles. The highest BCUT2D eigenvalue weighted by atomic mass is 35.5. The summed E-state index contributed by atoms with van der Waals surface area (Å²) in [5.74, 6) is -0.279. The van der Waals surface area contributed by atoms with E-state index in [1.165, 1.54) is 0 Å². The topological polar surface area (TPSA) is 83.1 Å². The van der Waals surface area contributed by atoms with Crippen LogP contribution in [0.2, 0.25) is 5.15 Å². The van der Waals surface area contributed by atoms with Gasteiger partial charge in [0.1, 0.15) is 5.15 Å². The molecule has 1 aromatic heterocycles. The van der Waals surface area contributed by atoms with Crippen LogP contribution in [0.15, 0.2) is 30.5 Å². The summed E-state index contributed by atoms with van der Waals surface area (Å²) in [5.41, 5.74) is 4.72. The third kappa shape index (κ3) is 5.76. The number of hydrogen-bond donors (Lipinski definition) is 3. The van der Waals surface area contributed by atoms with Crippen molar-refractivity contribution >= 4 is 29.2 Å². The maximum atomic E-state index is 12.0. The fourth-order valence-electron chi connectivity index (χ4n) is 2.48. The van der Waals surface area contributed by atoms with Crippen LogP contribution < -0.4 is 16.0 Å². The van der Waals surface area contributed by atoms with E-state index in [-0.39, 0.29) is 12.5 Å². The van der Waals surface area contributed by atoms with Crippen LogP contribution in [0.4, 0.5) is 10.5 Å². The molecule has 0 aliphatic carbocycles. The molecule has 0 fully saturated rings. The predicted molar refractivity (Wildman–Crippen MR) is 98.8 cm³/mol. The summed E-state index contributed by atoms with van der Waals surface area (Å²) >= 11 is 5.70. The van der Waals surface area contributed by atoms with Crippen molar-refractivity contribution in [3.05, 3.63) is 57.9 Å². The van der Waals surface area contributed by atoms with Crippen molar-refractivity contribution in [1.29, 1.82) is 0 Å². The van der Waals surface area contributed by atoms with E-state index >= 15 is 0 Å². The molecule has 1 aromatic carbocycles. The molecule has 0 bridgehead atoms. The van der Waals surface area contributed by atoms with Crippen LogP contribution in [0.5, 0.6) is 0 Å². The molecule has 6 nitrogen and oxygen atoms in total. The minimum Gasteiger partial charge on any atom is -0.334 e. The first kappa shape index (κ1) is 18.7. The van der Waals surface area contributed by atoms with E-state index in [1.807, 2.05) is 32.9 Å². The molecule has 25 heavy (non-hydrogen) atoms. The molecule has 0 unspecified atom stereocenters. The second-order valence-electron chi connectivity index (χ2n) is 5.85. The van der Waals surface area contributed by atoms with E-state index in [0.29, 0.717) is 11.7 Å². The van der Waals surface area contributed by atoms with Crippen molar-refractivity contribution in [3.63, 3.8) is 0 Å². The van der Waals surface area contributed by atoms with Crippen molar-refractivity contribution in [3.8, 4) is 0 Å². The maximum absolute atomic E-state index is 12.0. The molecule has 0 atom stereocenters. The number of aryl methyl sites for hydroxylation is 3. The SMILES string of the molecule is Cc1cc(C)c(NC(=O)CNC(=O)NCc2ccc(Cl)nc2)c(C)c1. The quantitative estimate of drug-likeness (QED) is 0.716. The number of urea groups is 1. The van der Waals surface area contributed by atoms with Gasteiger partial charge in [0.15, 0.2) is 0 Å². The molecule has 2 rings (SSSR count). The third-order valence-electron chi connectivity index (χ3n) is 3.59. The van der Waals surface area contributed by atoms with Crippen molar-refractivity contribution < 1.29 is 9.59 Å². The van der Waals surface area contributed by atoms with Crippen LogP contribution >= 0.6 is 11.6 Å². The van der Waals surface area contributed by atoms with Crippen molar-refractivity contribution in [2.45, 2.75) is 27.3 Å². The first-order valence-corrected chi connectivity index (χ1v) is 8.23. The van der Waals surface area contributed by atoms with Gasteiger partial charge >= 0.3 is 6.03 Å². The average Bonchev–Trinajstić information content (AvgIpc) is 2.55. The lowest BCUT2D eigenvalue weighted by Crippen LogP contribution is -2.39. The second-order valence-corrected chi connectivity index (χ2v) is 6.23. The summed E-state index contributed by atoms with van der Waals surface area (Å²) < 4.78 is 0. The molecule has 0 saturated carbocycles. The predicted octanol–water partition coefficient (Wildman–Crippen LogP) is 3.10. The van der Waals surface area contributed by atoms with Crippen LogP contribution in [0.1, 0.15) is 22.3 Å². The Bertz CT molecular complexity index is 752. The van der Waals surface area contributed by atoms with E-state index in [9.17, 15) is 9.59 Å². The van der Waals surface area contributed by atoms with E-state index in [1.54, 1.807) is 18.3 Å². The molecule has 0 radical (unpaired) electrons. The number of carbonyl (C=O) groups is 2. The van der Waals surface area contributed by atoms with E-state index in [0.717, 1.165) is 27.9 Å². The Kier molecular flexibility index (Phi) is 6.36. The lowest BCUT2D eigenvalue weighted by Gasteiger charge is -2.13. The zero-order chi connectivity index (χ0) is 18.4. The van der Waals surface area contributed by atoms with Crippen LogP contribution in [0, 0.1) is 20.8 Å². The minimum absolute atomic E-state index is 0.114. The third-order valence-corrected chi connectivity index (χ3v) is 3.82. The largest absolute Gasteiger partial charge is 0.334 e. The summed E-state index contributed by atoms with van der Waals surface area (Å²) in [6.07, 6.45) is 1.58. The van der Waals surface area contributed by atoms with Gasteiger partial charge in [-0.2, -0.15) is 0 Å². The van der Waals surface area contributed by atoms with Crippen molar-refractivity contribution in [2.75, 3.05) is 11.9 Å². The number of carbonyl (C=O) groups excluding carboxylic acids is 2. The first-order valence-electron chi connectivity index (χ1n) is 7.85. The van der Waals surface area contributed by atoms with Gasteiger partial charge in [0.25, 0.3) is 0 Å². The molecule has 0 spiro atoms. The molecule has 7 heteroatoms. The van der Waals surface area contributed by atoms with E-state index in [2.05, 4.69) is 20.9 Å². The number of pyridine rings is 1. The molecule has 0 saturated heterocycles. The number of amides is 3. The van der Waals surface area contributed by atoms with Gasteiger partial charge in [-0.1, -0.05) is 35.4 Å². The maximum Gasteiger partial charge on any atom is 0.315 e. The highest BCUT2D eigenvalue weighted by Crippen LogP contribution is 2.21. The molecular weight excluding hydrogens is 340 g/mol. The summed E-state index contributed by atoms with van der Waals surface area (Å²) in [6.45, 7) is 6.07. The summed E-state index contributed by atoms with van der Waals surface area (Å²) in [7, 11) is 0. The molecule has 3 amide bonds. The zero-order valence-electron chi connectivity index (χ0n) is 14.4. The second kappa shape index (κ2) is 8.48. The van der Waals surface area contributed by atoms with Crippen LogP contribution in [0.3, 0.4) is 0 Å². The number of halogens is 1. The molecule has 1 heterocycles. The lowest BCUT2D eigenvalue weighted by atomic mass is 10.1. The standard InChI is InChI=1S/C18H21ClN4O2/c1-11-6-12(2)17(13(3)7-11)23-16(24)10-22-18(25)21-9-14-4-5-15(19)20-8-14/h4-8H,9-10H2,1-3H3,(H,23,24)(H2,21,22,25). The summed E-state index contributed by atoms with van der Waals surface area (Å²) in [4.78, 5) is 27.7. The highest BCUT2D eigenvalue weighted by Gasteiger charge is 2.09. The Labute approximate surface area is 152 Å². The Morgan fingerprint density at radius 2 is 1.76 bits per heavy atom. The fourth-order valence-corrected chi connectivity index (χ4v) is 2.59. The number of rotatable bonds is 5. The molecule has 132 valence electrons. The number of hydrogen-bond acceptors (Lipinski definition) is 3. The van der Waals surface area contributed by atoms with Crippen LogP contribution in [-0.4, -0.2) is 23.5 Å².